The molecule has 0 bridgehead atoms. The molecule has 2 fully saturated rings. The number of nitrogens with one attached hydrogen (secondary N) is 3. The number of nitrogens with two attached hydrogens (primary N) is 1. The number of amidine groups is 1. The van der Waals surface area contributed by atoms with Gasteiger partial charge < -0.3 is 26.0 Å². The van der Waals surface area contributed by atoms with Gasteiger partial charge in [-0.3, -0.25) is 10.2 Å². The number of rotatable bonds is 8. The summed E-state index contributed by atoms with van der Waals surface area (Å²) in [5, 5.41) is 14.9. The SMILES string of the molecule is CN1CCN(Sc2ccc(C(=O)NC(=N)c3cc(Cc4cc(F)cc(F)c4)ccc3N)c(NC3CCOCC3)c2)CC1. The van der Waals surface area contributed by atoms with Crippen LogP contribution in [0.4, 0.5) is 20.2 Å². The fraction of sp³-hybridized carbons (Fsp3) is 0.355. The maximum absolute atomic E-state index is 13.7. The van der Waals surface area contributed by atoms with E-state index in [2.05, 4.69) is 26.9 Å². The maximum Gasteiger partial charge on any atom is 0.258 e. The summed E-state index contributed by atoms with van der Waals surface area (Å²) >= 11 is 1.68. The summed E-state index contributed by atoms with van der Waals surface area (Å²) in [5.74, 6) is -1.89. The molecule has 0 spiro atoms. The summed E-state index contributed by atoms with van der Waals surface area (Å²) in [6.07, 6.45) is 1.92. The highest BCUT2D eigenvalue weighted by molar-refractivity contribution is 7.97. The predicted octanol–water partition coefficient (Wildman–Crippen LogP) is 4.74. The number of hydrogen-bond acceptors (Lipinski definition) is 8. The molecule has 2 aliphatic heterocycles. The van der Waals surface area contributed by atoms with Crippen LogP contribution in [0.2, 0.25) is 0 Å². The monoisotopic (exact) mass is 594 g/mol. The lowest BCUT2D eigenvalue weighted by atomic mass is 10.0. The Morgan fingerprint density at radius 2 is 1.69 bits per heavy atom. The molecule has 0 aliphatic carbocycles. The third-order valence-corrected chi connectivity index (χ3v) is 8.56. The molecule has 0 radical (unpaired) electrons. The molecule has 5 N–H and O–H groups in total. The molecule has 3 aromatic rings. The Morgan fingerprint density at radius 3 is 2.40 bits per heavy atom. The molecule has 2 aliphatic rings. The van der Waals surface area contributed by atoms with E-state index >= 15 is 0 Å². The molecule has 11 heteroatoms. The van der Waals surface area contributed by atoms with Crippen LogP contribution in [0, 0.1) is 17.0 Å². The third kappa shape index (κ3) is 7.86. The molecule has 3 aromatic carbocycles. The zero-order valence-corrected chi connectivity index (χ0v) is 24.4. The van der Waals surface area contributed by atoms with Crippen molar-refractivity contribution in [1.29, 1.82) is 5.41 Å². The predicted molar refractivity (Wildman–Crippen MR) is 163 cm³/mol. The average Bonchev–Trinajstić information content (AvgIpc) is 2.95. The quantitative estimate of drug-likeness (QED) is 0.129. The van der Waals surface area contributed by atoms with Crippen LogP contribution in [0.1, 0.15) is 39.9 Å². The number of likely N-dealkylation sites (N-methyl/N-ethyl adjacent to an activating group) is 1. The number of anilines is 2. The molecule has 0 aromatic heterocycles. The second-order valence-corrected chi connectivity index (χ2v) is 11.9. The van der Waals surface area contributed by atoms with E-state index in [-0.39, 0.29) is 18.3 Å². The maximum atomic E-state index is 13.7. The van der Waals surface area contributed by atoms with Crippen LogP contribution in [0.15, 0.2) is 59.5 Å². The van der Waals surface area contributed by atoms with Gasteiger partial charge in [0, 0.05) is 73.3 Å². The first-order valence-electron chi connectivity index (χ1n) is 14.1. The molecule has 8 nitrogen and oxygen atoms in total. The number of carbonyl (C=O) groups excluding carboxylic acids is 1. The zero-order valence-electron chi connectivity index (χ0n) is 23.6. The normalized spacial score (nSPS) is 16.7. The molecule has 1 amide bonds. The van der Waals surface area contributed by atoms with Gasteiger partial charge in [0.05, 0.1) is 5.56 Å². The van der Waals surface area contributed by atoms with Gasteiger partial charge in [-0.25, -0.2) is 13.1 Å². The first-order chi connectivity index (χ1) is 20.2. The van der Waals surface area contributed by atoms with Crippen molar-refractivity contribution in [3.63, 3.8) is 0 Å². The van der Waals surface area contributed by atoms with E-state index in [4.69, 9.17) is 15.9 Å². The number of nitrogen functional groups attached to an aromatic ring is 1. The number of halogens is 2. The van der Waals surface area contributed by atoms with Gasteiger partial charge in [-0.1, -0.05) is 6.07 Å². The van der Waals surface area contributed by atoms with Crippen LogP contribution >= 0.6 is 11.9 Å². The van der Waals surface area contributed by atoms with Crippen LogP contribution < -0.4 is 16.4 Å². The first-order valence-corrected chi connectivity index (χ1v) is 14.8. The van der Waals surface area contributed by atoms with Gasteiger partial charge in [0.25, 0.3) is 5.91 Å². The lowest BCUT2D eigenvalue weighted by Gasteiger charge is -2.31. The molecular weight excluding hydrogens is 558 g/mol. The lowest BCUT2D eigenvalue weighted by Crippen LogP contribution is -2.41. The summed E-state index contributed by atoms with van der Waals surface area (Å²) in [6, 6.07) is 14.3. The second-order valence-electron chi connectivity index (χ2n) is 10.8. The number of benzene rings is 3. The molecule has 0 unspecified atom stereocenters. The van der Waals surface area contributed by atoms with Crippen molar-refractivity contribution in [1.82, 2.24) is 14.5 Å². The topological polar surface area (TPSA) is 107 Å². The van der Waals surface area contributed by atoms with E-state index in [0.717, 1.165) is 50.0 Å². The van der Waals surface area contributed by atoms with Crippen molar-refractivity contribution in [2.45, 2.75) is 30.2 Å². The molecule has 2 heterocycles. The van der Waals surface area contributed by atoms with Gasteiger partial charge in [-0.05, 0) is 91.8 Å². The standard InChI is InChI=1S/C31H36F2N6O2S/c1-38-8-10-39(11-9-38)42-25-3-4-26(29(19-25)36-24-6-12-41-13-7-24)31(40)37-30(35)27-17-20(2-5-28(27)34)14-21-15-22(32)18-23(33)16-21/h2-5,15-19,24,36H,6-14,34H2,1H3,(H2,35,37,40). The summed E-state index contributed by atoms with van der Waals surface area (Å²) < 4.78 is 35.2. The summed E-state index contributed by atoms with van der Waals surface area (Å²) in [5.41, 5.74) is 9.12. The Kier molecular flexibility index (Phi) is 9.73. The van der Waals surface area contributed by atoms with Crippen LogP contribution in [0.25, 0.3) is 0 Å². The number of carbonyl (C=O) groups is 1. The number of piperazine rings is 1. The minimum atomic E-state index is -0.654. The Morgan fingerprint density at radius 1 is 0.976 bits per heavy atom. The molecule has 0 saturated carbocycles. The minimum absolute atomic E-state index is 0.155. The highest BCUT2D eigenvalue weighted by Gasteiger charge is 2.21. The fourth-order valence-electron chi connectivity index (χ4n) is 5.11. The Labute approximate surface area is 249 Å². The van der Waals surface area contributed by atoms with Crippen molar-refractivity contribution in [3.8, 4) is 0 Å². The van der Waals surface area contributed by atoms with Crippen LogP contribution in [0.3, 0.4) is 0 Å². The number of hydrogen-bond donors (Lipinski definition) is 4. The Hall–Kier alpha value is -3.51. The Balaban J connectivity index is 1.33. The van der Waals surface area contributed by atoms with Crippen molar-refractivity contribution >= 4 is 35.1 Å². The van der Waals surface area contributed by atoms with E-state index in [1.807, 2.05) is 12.1 Å². The molecule has 0 atom stereocenters. The molecular formula is C31H36F2N6O2S. The minimum Gasteiger partial charge on any atom is -0.398 e. The second kappa shape index (κ2) is 13.6. The third-order valence-electron chi connectivity index (χ3n) is 7.47. The van der Waals surface area contributed by atoms with E-state index in [1.54, 1.807) is 36.2 Å². The van der Waals surface area contributed by atoms with Gasteiger partial charge in [0.15, 0.2) is 0 Å². The highest BCUT2D eigenvalue weighted by Crippen LogP contribution is 2.30. The number of amides is 1. The molecule has 2 saturated heterocycles. The fourth-order valence-corrected chi connectivity index (χ4v) is 6.06. The average molecular weight is 595 g/mol. The Bertz CT molecular complexity index is 1420. The van der Waals surface area contributed by atoms with Crippen molar-refractivity contribution in [2.75, 3.05) is 57.5 Å². The van der Waals surface area contributed by atoms with Gasteiger partial charge in [-0.15, -0.1) is 0 Å². The highest BCUT2D eigenvalue weighted by atomic mass is 32.2. The van der Waals surface area contributed by atoms with Crippen molar-refractivity contribution < 1.29 is 18.3 Å². The van der Waals surface area contributed by atoms with Gasteiger partial charge in [0.1, 0.15) is 17.5 Å². The zero-order chi connectivity index (χ0) is 29.6. The van der Waals surface area contributed by atoms with Gasteiger partial charge >= 0.3 is 0 Å². The van der Waals surface area contributed by atoms with E-state index in [1.165, 1.54) is 12.1 Å². The van der Waals surface area contributed by atoms with Crippen molar-refractivity contribution in [3.05, 3.63) is 88.5 Å². The molecule has 5 rings (SSSR count). The van der Waals surface area contributed by atoms with Crippen LogP contribution in [-0.4, -0.2) is 73.4 Å². The number of nitrogens with zero attached hydrogens (tertiary/aromatic N) is 2. The summed E-state index contributed by atoms with van der Waals surface area (Å²) in [4.78, 5) is 16.9. The largest absolute Gasteiger partial charge is 0.398 e. The summed E-state index contributed by atoms with van der Waals surface area (Å²) in [7, 11) is 2.12. The molecule has 222 valence electrons. The van der Waals surface area contributed by atoms with E-state index in [0.29, 0.717) is 46.8 Å². The lowest BCUT2D eigenvalue weighted by molar-refractivity contribution is 0.0904. The van der Waals surface area contributed by atoms with E-state index in [9.17, 15) is 13.6 Å². The number of ether oxygens (including phenoxy) is 1. The summed E-state index contributed by atoms with van der Waals surface area (Å²) in [6.45, 7) is 5.25. The van der Waals surface area contributed by atoms with Crippen LogP contribution in [0.5, 0.6) is 0 Å². The van der Waals surface area contributed by atoms with Crippen LogP contribution in [-0.2, 0) is 11.2 Å². The molecule has 42 heavy (non-hydrogen) atoms. The van der Waals surface area contributed by atoms with Gasteiger partial charge in [0.2, 0.25) is 0 Å². The first kappa shape index (κ1) is 30.0. The van der Waals surface area contributed by atoms with Gasteiger partial charge in [-0.2, -0.15) is 0 Å². The van der Waals surface area contributed by atoms with Crippen molar-refractivity contribution in [2.24, 2.45) is 0 Å². The smallest absolute Gasteiger partial charge is 0.258 e. The van der Waals surface area contributed by atoms with E-state index < -0.39 is 17.5 Å².